The number of nitrogens with zero attached hydrogens (tertiary/aromatic N) is 3. The van der Waals surface area contributed by atoms with Gasteiger partial charge in [-0.15, -0.1) is 0 Å². The first-order valence-electron chi connectivity index (χ1n) is 12.9. The molecule has 3 fully saturated rings. The van der Waals surface area contributed by atoms with Gasteiger partial charge in [0.1, 0.15) is 5.54 Å². The van der Waals surface area contributed by atoms with E-state index in [4.69, 9.17) is 12.2 Å². The molecule has 1 aromatic carbocycles. The Kier molecular flexibility index (Phi) is 7.12. The van der Waals surface area contributed by atoms with Gasteiger partial charge in [0.05, 0.1) is 10.9 Å². The SMILES string of the molecule is C[C@@](O)(c1ccc(N2CCN(S(=O)(=O)C3=CC=CCC3=S)C[C@@H]2CN2C(=O)NC(=O)C23CCC3)cc1)C(F)(F)F. The molecule has 9 nitrogen and oxygen atoms in total. The molecule has 0 aromatic heterocycles. The van der Waals surface area contributed by atoms with Crippen LogP contribution in [0.5, 0.6) is 0 Å². The predicted molar refractivity (Wildman–Crippen MR) is 145 cm³/mol. The van der Waals surface area contributed by atoms with Crippen molar-refractivity contribution in [3.8, 4) is 0 Å². The molecule has 14 heteroatoms. The first-order valence-corrected chi connectivity index (χ1v) is 14.7. The van der Waals surface area contributed by atoms with Crippen LogP contribution in [0.4, 0.5) is 23.7 Å². The number of allylic oxidation sites excluding steroid dienone is 4. The van der Waals surface area contributed by atoms with Crippen LogP contribution in [0.15, 0.2) is 47.4 Å². The Hall–Kier alpha value is -2.81. The molecular formula is C26H29F3N4O5S2. The number of urea groups is 1. The highest BCUT2D eigenvalue weighted by Gasteiger charge is 2.57. The summed E-state index contributed by atoms with van der Waals surface area (Å²) in [5.74, 6) is -0.376. The van der Waals surface area contributed by atoms with E-state index in [9.17, 15) is 36.3 Å². The van der Waals surface area contributed by atoms with Crippen LogP contribution in [0.2, 0.25) is 0 Å². The number of nitrogens with one attached hydrogen (secondary N) is 1. The number of halogens is 3. The topological polar surface area (TPSA) is 110 Å². The van der Waals surface area contributed by atoms with Gasteiger partial charge in [-0.05, 0) is 50.0 Å². The Morgan fingerprint density at radius 1 is 1.15 bits per heavy atom. The summed E-state index contributed by atoms with van der Waals surface area (Å²) >= 11 is 5.30. The number of alkyl halides is 3. The molecule has 216 valence electrons. The van der Waals surface area contributed by atoms with Crippen LogP contribution in [0, 0.1) is 0 Å². The highest BCUT2D eigenvalue weighted by atomic mass is 32.2. The molecule has 40 heavy (non-hydrogen) atoms. The fraction of sp³-hybridized carbons (Fsp3) is 0.500. The van der Waals surface area contributed by atoms with E-state index in [-0.39, 0.29) is 42.6 Å². The lowest BCUT2D eigenvalue weighted by Gasteiger charge is -2.48. The van der Waals surface area contributed by atoms with Gasteiger partial charge in [0.2, 0.25) is 10.0 Å². The molecule has 0 bridgehead atoms. The summed E-state index contributed by atoms with van der Waals surface area (Å²) in [6, 6.07) is 4.05. The number of piperazine rings is 1. The number of carbonyl (C=O) groups is 2. The summed E-state index contributed by atoms with van der Waals surface area (Å²) in [5.41, 5.74) is -3.88. The van der Waals surface area contributed by atoms with Crippen LogP contribution >= 0.6 is 12.2 Å². The fourth-order valence-electron chi connectivity index (χ4n) is 5.65. The maximum absolute atomic E-state index is 13.6. The summed E-state index contributed by atoms with van der Waals surface area (Å²) in [6.45, 7) is 0.901. The minimum Gasteiger partial charge on any atom is -0.376 e. The van der Waals surface area contributed by atoms with E-state index in [0.717, 1.165) is 6.42 Å². The Balaban J connectivity index is 1.47. The monoisotopic (exact) mass is 598 g/mol. The van der Waals surface area contributed by atoms with Crippen LogP contribution < -0.4 is 10.2 Å². The number of hydrogen-bond donors (Lipinski definition) is 2. The molecule has 0 unspecified atom stereocenters. The van der Waals surface area contributed by atoms with Gasteiger partial charge in [0, 0.05) is 43.2 Å². The lowest BCUT2D eigenvalue weighted by Crippen LogP contribution is -2.63. The Morgan fingerprint density at radius 2 is 1.82 bits per heavy atom. The molecule has 0 radical (unpaired) electrons. The van der Waals surface area contributed by atoms with E-state index >= 15 is 0 Å². The van der Waals surface area contributed by atoms with Crippen molar-refractivity contribution in [3.05, 3.63) is 53.0 Å². The van der Waals surface area contributed by atoms with Gasteiger partial charge in [0.15, 0.2) is 5.60 Å². The van der Waals surface area contributed by atoms with E-state index in [1.807, 2.05) is 4.90 Å². The van der Waals surface area contributed by atoms with E-state index in [1.54, 1.807) is 12.2 Å². The summed E-state index contributed by atoms with van der Waals surface area (Å²) in [5, 5.41) is 12.4. The summed E-state index contributed by atoms with van der Waals surface area (Å²) in [7, 11) is -3.96. The lowest BCUT2D eigenvalue weighted by molar-refractivity contribution is -0.258. The standard InChI is InChI=1S/C26H29F3N4O5S2/c1-24(36,26(27,28)29)17-7-9-18(10-8-17)32-14-13-31(40(37,38)21-6-3-2-5-20(21)39)15-19(32)16-33-23(35)30-22(34)25(33)11-4-12-25/h2-3,6-10,19,36H,4-5,11-16H2,1H3,(H,30,34,35)/t19-,24-/m1/s1. The van der Waals surface area contributed by atoms with E-state index in [2.05, 4.69) is 5.32 Å². The summed E-state index contributed by atoms with van der Waals surface area (Å²) in [6.07, 6.45) is 2.07. The second-order valence-corrected chi connectivity index (χ2v) is 13.1. The zero-order valence-electron chi connectivity index (χ0n) is 21.6. The van der Waals surface area contributed by atoms with Crippen molar-refractivity contribution >= 4 is 44.7 Å². The number of amides is 3. The highest BCUT2D eigenvalue weighted by Crippen LogP contribution is 2.42. The van der Waals surface area contributed by atoms with Gasteiger partial charge in [-0.2, -0.15) is 17.5 Å². The van der Waals surface area contributed by atoms with Gasteiger partial charge < -0.3 is 14.9 Å². The van der Waals surface area contributed by atoms with Crippen molar-refractivity contribution in [2.24, 2.45) is 0 Å². The minimum absolute atomic E-state index is 0.0228. The first kappa shape index (κ1) is 28.7. The highest BCUT2D eigenvalue weighted by molar-refractivity contribution is 7.96. The van der Waals surface area contributed by atoms with Crippen molar-refractivity contribution in [1.82, 2.24) is 14.5 Å². The minimum atomic E-state index is -4.88. The quantitative estimate of drug-likeness (QED) is 0.383. The van der Waals surface area contributed by atoms with Crippen molar-refractivity contribution in [1.29, 1.82) is 0 Å². The molecule has 1 spiro atoms. The van der Waals surface area contributed by atoms with Crippen LogP contribution in [0.3, 0.4) is 0 Å². The van der Waals surface area contributed by atoms with E-state index < -0.39 is 39.4 Å². The fourth-order valence-corrected chi connectivity index (χ4v) is 7.72. The average Bonchev–Trinajstić information content (AvgIpc) is 3.12. The second-order valence-electron chi connectivity index (χ2n) is 10.7. The maximum Gasteiger partial charge on any atom is 0.421 e. The number of rotatable bonds is 6. The molecule has 2 atom stereocenters. The summed E-state index contributed by atoms with van der Waals surface area (Å²) < 4.78 is 68.6. The molecule has 2 aliphatic carbocycles. The lowest BCUT2D eigenvalue weighted by atomic mass is 9.75. The van der Waals surface area contributed by atoms with Crippen LogP contribution in [-0.4, -0.2) is 83.5 Å². The smallest absolute Gasteiger partial charge is 0.376 e. The molecule has 5 rings (SSSR count). The number of carbonyl (C=O) groups excluding carboxylic acids is 2. The third kappa shape index (κ3) is 4.64. The third-order valence-corrected chi connectivity index (χ3v) is 10.8. The van der Waals surface area contributed by atoms with Gasteiger partial charge in [-0.25, -0.2) is 13.2 Å². The first-order chi connectivity index (χ1) is 18.7. The number of hydrogen-bond acceptors (Lipinski definition) is 7. The van der Waals surface area contributed by atoms with E-state index in [1.165, 1.54) is 39.5 Å². The van der Waals surface area contributed by atoms with Crippen LogP contribution in [0.25, 0.3) is 0 Å². The van der Waals surface area contributed by atoms with Crippen LogP contribution in [-0.2, 0) is 20.4 Å². The Morgan fingerprint density at radius 3 is 2.40 bits per heavy atom. The molecular weight excluding hydrogens is 569 g/mol. The van der Waals surface area contributed by atoms with E-state index in [0.29, 0.717) is 36.7 Å². The zero-order chi connectivity index (χ0) is 29.1. The molecule has 1 aromatic rings. The molecule has 2 N–H and O–H groups in total. The number of benzene rings is 1. The van der Waals surface area contributed by atoms with Crippen molar-refractivity contribution in [2.75, 3.05) is 31.1 Å². The number of aliphatic hydroxyl groups is 1. The third-order valence-electron chi connectivity index (χ3n) is 8.32. The summed E-state index contributed by atoms with van der Waals surface area (Å²) in [4.78, 5) is 29.1. The maximum atomic E-state index is 13.6. The number of imide groups is 1. The normalized spacial score (nSPS) is 25.1. The molecule has 4 aliphatic rings. The molecule has 2 heterocycles. The van der Waals surface area contributed by atoms with Gasteiger partial charge in [0.25, 0.3) is 5.91 Å². The van der Waals surface area contributed by atoms with Gasteiger partial charge in [-0.1, -0.05) is 36.5 Å². The van der Waals surface area contributed by atoms with Crippen molar-refractivity contribution in [3.63, 3.8) is 0 Å². The van der Waals surface area contributed by atoms with Gasteiger partial charge >= 0.3 is 12.2 Å². The second kappa shape index (κ2) is 9.93. The largest absolute Gasteiger partial charge is 0.421 e. The Labute approximate surface area is 235 Å². The van der Waals surface area contributed by atoms with Crippen molar-refractivity contribution in [2.45, 2.75) is 56.0 Å². The zero-order valence-corrected chi connectivity index (χ0v) is 23.3. The van der Waals surface area contributed by atoms with Crippen LogP contribution in [0.1, 0.15) is 38.2 Å². The number of anilines is 1. The average molecular weight is 599 g/mol. The Bertz CT molecular complexity index is 1400. The van der Waals surface area contributed by atoms with Crippen molar-refractivity contribution < 1.29 is 36.3 Å². The molecule has 3 amide bonds. The predicted octanol–water partition coefficient (Wildman–Crippen LogP) is 2.97. The number of sulfonamides is 1. The molecule has 2 saturated heterocycles. The molecule has 1 saturated carbocycles. The van der Waals surface area contributed by atoms with Gasteiger partial charge in [-0.3, -0.25) is 10.1 Å². The number of thiocarbonyl (C=S) groups is 1. The molecule has 2 aliphatic heterocycles.